The molecule has 18 heavy (non-hydrogen) atoms. The van der Waals surface area contributed by atoms with E-state index < -0.39 is 18.0 Å². The Bertz CT molecular complexity index is 239. The highest BCUT2D eigenvalue weighted by atomic mass is 19.4. The molecule has 0 aliphatic heterocycles. The Labute approximate surface area is 108 Å². The van der Waals surface area contributed by atoms with Gasteiger partial charge in [-0.15, -0.1) is 0 Å². The normalized spacial score (nSPS) is 13.4. The number of alkyl halides is 3. The van der Waals surface area contributed by atoms with Gasteiger partial charge in [0.15, 0.2) is 0 Å². The first kappa shape index (κ1) is 17.3. The van der Waals surface area contributed by atoms with Crippen molar-refractivity contribution in [3.63, 3.8) is 0 Å². The summed E-state index contributed by atoms with van der Waals surface area (Å²) in [6.45, 7) is 2.09. The van der Waals surface area contributed by atoms with Crippen LogP contribution in [0.2, 0.25) is 0 Å². The van der Waals surface area contributed by atoms with E-state index in [-0.39, 0.29) is 6.42 Å². The zero-order valence-electron chi connectivity index (χ0n) is 11.5. The fourth-order valence-corrected chi connectivity index (χ4v) is 1.87. The molecule has 0 aromatic carbocycles. The van der Waals surface area contributed by atoms with Crippen LogP contribution in [0.4, 0.5) is 13.2 Å². The summed E-state index contributed by atoms with van der Waals surface area (Å²) in [6, 6.07) is 0. The molecule has 0 saturated carbocycles. The molecule has 0 aromatic rings. The van der Waals surface area contributed by atoms with Crippen molar-refractivity contribution in [1.29, 1.82) is 0 Å². The van der Waals surface area contributed by atoms with Gasteiger partial charge < -0.3 is 4.90 Å². The summed E-state index contributed by atoms with van der Waals surface area (Å²) in [7, 11) is 2.73. The van der Waals surface area contributed by atoms with E-state index in [1.165, 1.54) is 14.1 Å². The molecule has 0 aliphatic carbocycles. The van der Waals surface area contributed by atoms with Crippen LogP contribution in [0.1, 0.15) is 51.9 Å². The molecular formula is C13H24F3NO. The number of halogens is 3. The number of hydrogen-bond donors (Lipinski definition) is 0. The first-order valence-corrected chi connectivity index (χ1v) is 6.58. The lowest BCUT2D eigenvalue weighted by Gasteiger charge is -2.22. The van der Waals surface area contributed by atoms with E-state index in [1.807, 2.05) is 0 Å². The molecule has 1 unspecified atom stereocenters. The first-order chi connectivity index (χ1) is 8.30. The molecule has 0 rings (SSSR count). The van der Waals surface area contributed by atoms with Crippen molar-refractivity contribution in [2.45, 2.75) is 58.0 Å². The molecule has 0 fully saturated rings. The highest BCUT2D eigenvalue weighted by molar-refractivity contribution is 5.79. The van der Waals surface area contributed by atoms with Crippen LogP contribution < -0.4 is 0 Å². The maximum absolute atomic E-state index is 12.7. The lowest BCUT2D eigenvalue weighted by molar-refractivity contribution is -0.189. The van der Waals surface area contributed by atoms with Crippen molar-refractivity contribution in [3.8, 4) is 0 Å². The van der Waals surface area contributed by atoms with Gasteiger partial charge in [0.1, 0.15) is 5.92 Å². The predicted molar refractivity (Wildman–Crippen MR) is 66.2 cm³/mol. The van der Waals surface area contributed by atoms with Gasteiger partial charge in [-0.1, -0.05) is 45.4 Å². The highest BCUT2D eigenvalue weighted by Crippen LogP contribution is 2.31. The standard InChI is InChI=1S/C13H24F3NO/c1-4-5-6-7-8-9-10-11(13(14,15)16)12(18)17(2)3/h11H,4-10H2,1-3H3. The Morgan fingerprint density at radius 2 is 1.56 bits per heavy atom. The van der Waals surface area contributed by atoms with Gasteiger partial charge >= 0.3 is 6.18 Å². The van der Waals surface area contributed by atoms with Crippen LogP contribution in [0.25, 0.3) is 0 Å². The summed E-state index contributed by atoms with van der Waals surface area (Å²) in [5.74, 6) is -2.67. The van der Waals surface area contributed by atoms with Gasteiger partial charge in [0.2, 0.25) is 5.91 Å². The molecule has 108 valence electrons. The van der Waals surface area contributed by atoms with Crippen LogP contribution in [-0.4, -0.2) is 31.1 Å². The van der Waals surface area contributed by atoms with Gasteiger partial charge in [-0.2, -0.15) is 13.2 Å². The molecule has 0 aliphatic rings. The molecule has 0 spiro atoms. The fourth-order valence-electron chi connectivity index (χ4n) is 1.87. The summed E-state index contributed by atoms with van der Waals surface area (Å²) in [5, 5.41) is 0. The average Bonchev–Trinajstić information content (AvgIpc) is 2.25. The average molecular weight is 267 g/mol. The number of carbonyl (C=O) groups is 1. The minimum atomic E-state index is -4.43. The minimum absolute atomic E-state index is 0.0906. The lowest BCUT2D eigenvalue weighted by Crippen LogP contribution is -2.38. The van der Waals surface area contributed by atoms with E-state index in [4.69, 9.17) is 0 Å². The number of carbonyl (C=O) groups excluding carboxylic acids is 1. The number of rotatable bonds is 8. The molecule has 5 heteroatoms. The molecule has 0 heterocycles. The smallest absolute Gasteiger partial charge is 0.348 e. The summed E-state index contributed by atoms with van der Waals surface area (Å²) in [5.41, 5.74) is 0. The number of nitrogens with zero attached hydrogens (tertiary/aromatic N) is 1. The van der Waals surface area contributed by atoms with E-state index in [0.717, 1.165) is 37.0 Å². The molecule has 0 saturated heterocycles. The van der Waals surface area contributed by atoms with Crippen molar-refractivity contribution in [2.75, 3.05) is 14.1 Å². The van der Waals surface area contributed by atoms with Crippen molar-refractivity contribution in [2.24, 2.45) is 5.92 Å². The van der Waals surface area contributed by atoms with Gasteiger partial charge in [-0.05, 0) is 6.42 Å². The van der Waals surface area contributed by atoms with Crippen molar-refractivity contribution in [1.82, 2.24) is 4.90 Å². The van der Waals surface area contributed by atoms with Crippen molar-refractivity contribution in [3.05, 3.63) is 0 Å². The monoisotopic (exact) mass is 267 g/mol. The van der Waals surface area contributed by atoms with Crippen molar-refractivity contribution >= 4 is 5.91 Å². The first-order valence-electron chi connectivity index (χ1n) is 6.58. The summed E-state index contributed by atoms with van der Waals surface area (Å²) >= 11 is 0. The van der Waals surface area contributed by atoms with Gasteiger partial charge in [0, 0.05) is 14.1 Å². The van der Waals surface area contributed by atoms with Crippen LogP contribution in [-0.2, 0) is 4.79 Å². The maximum atomic E-state index is 12.7. The molecule has 0 radical (unpaired) electrons. The second-order valence-corrected chi connectivity index (χ2v) is 4.88. The summed E-state index contributed by atoms with van der Waals surface area (Å²) < 4.78 is 38.1. The highest BCUT2D eigenvalue weighted by Gasteiger charge is 2.44. The SMILES string of the molecule is CCCCCCCCC(C(=O)N(C)C)C(F)(F)F. The predicted octanol–water partition coefficient (Wildman–Crippen LogP) is 4.00. The van der Waals surface area contributed by atoms with Crippen LogP contribution in [0.5, 0.6) is 0 Å². The third kappa shape index (κ3) is 6.87. The molecule has 2 nitrogen and oxygen atoms in total. The molecule has 0 N–H and O–H groups in total. The van der Waals surface area contributed by atoms with E-state index in [2.05, 4.69) is 6.92 Å². The molecule has 1 atom stereocenters. The van der Waals surface area contributed by atoms with Crippen LogP contribution in [0, 0.1) is 5.92 Å². The Hall–Kier alpha value is -0.740. The second kappa shape index (κ2) is 8.38. The maximum Gasteiger partial charge on any atom is 0.400 e. The van der Waals surface area contributed by atoms with Gasteiger partial charge in [0.25, 0.3) is 0 Å². The van der Waals surface area contributed by atoms with Gasteiger partial charge in [0.05, 0.1) is 0 Å². The van der Waals surface area contributed by atoms with Crippen LogP contribution in [0.15, 0.2) is 0 Å². The third-order valence-electron chi connectivity index (χ3n) is 2.98. The topological polar surface area (TPSA) is 20.3 Å². The van der Waals surface area contributed by atoms with E-state index in [9.17, 15) is 18.0 Å². The van der Waals surface area contributed by atoms with Gasteiger partial charge in [-0.25, -0.2) is 0 Å². The summed E-state index contributed by atoms with van der Waals surface area (Å²) in [6.07, 6.45) is 0.977. The van der Waals surface area contributed by atoms with Gasteiger partial charge in [-0.3, -0.25) is 4.79 Å². The number of hydrogen-bond acceptors (Lipinski definition) is 1. The third-order valence-corrected chi connectivity index (χ3v) is 2.98. The van der Waals surface area contributed by atoms with Crippen LogP contribution in [0.3, 0.4) is 0 Å². The molecule has 0 aromatic heterocycles. The summed E-state index contributed by atoms with van der Waals surface area (Å²) in [4.78, 5) is 12.5. The van der Waals surface area contributed by atoms with Crippen LogP contribution >= 0.6 is 0 Å². The quantitative estimate of drug-likeness (QED) is 0.609. The Kier molecular flexibility index (Phi) is 8.03. The zero-order chi connectivity index (χ0) is 14.2. The molecule has 0 bridgehead atoms. The Balaban J connectivity index is 4.08. The van der Waals surface area contributed by atoms with E-state index >= 15 is 0 Å². The number of amides is 1. The second-order valence-electron chi connectivity index (χ2n) is 4.88. The number of unbranched alkanes of at least 4 members (excludes halogenated alkanes) is 5. The minimum Gasteiger partial charge on any atom is -0.348 e. The largest absolute Gasteiger partial charge is 0.400 e. The Morgan fingerprint density at radius 1 is 1.06 bits per heavy atom. The van der Waals surface area contributed by atoms with E-state index in [0.29, 0.717) is 6.42 Å². The molecule has 1 amide bonds. The van der Waals surface area contributed by atoms with E-state index in [1.54, 1.807) is 0 Å². The zero-order valence-corrected chi connectivity index (χ0v) is 11.5. The molecular weight excluding hydrogens is 243 g/mol. The Morgan fingerprint density at radius 3 is 2.00 bits per heavy atom. The van der Waals surface area contributed by atoms with Crippen molar-refractivity contribution < 1.29 is 18.0 Å². The lowest BCUT2D eigenvalue weighted by atomic mass is 9.98. The fraction of sp³-hybridized carbons (Fsp3) is 0.923.